The van der Waals surface area contributed by atoms with Crippen LogP contribution in [0.1, 0.15) is 22.7 Å². The lowest BCUT2D eigenvalue weighted by Crippen LogP contribution is -2.03. The number of nitrogens with zero attached hydrogens (tertiary/aromatic N) is 2. The van der Waals surface area contributed by atoms with Crippen LogP contribution < -0.4 is 0 Å². The summed E-state index contributed by atoms with van der Waals surface area (Å²) in [6.45, 7) is 0.288. The van der Waals surface area contributed by atoms with Crippen LogP contribution in [0.25, 0.3) is 0 Å². The van der Waals surface area contributed by atoms with E-state index in [1.807, 2.05) is 30.3 Å². The van der Waals surface area contributed by atoms with Crippen molar-refractivity contribution in [3.05, 3.63) is 57.1 Å². The fraction of sp³-hybridized carbons (Fsp3) is 0.167. The van der Waals surface area contributed by atoms with E-state index in [1.54, 1.807) is 0 Å². The molecule has 2 aromatic rings. The third kappa shape index (κ3) is 1.35. The first-order valence-corrected chi connectivity index (χ1v) is 5.43. The van der Waals surface area contributed by atoms with Gasteiger partial charge in [0.15, 0.2) is 0 Å². The lowest BCUT2D eigenvalue weighted by molar-refractivity contribution is -0.504. The molecule has 1 aliphatic carbocycles. The van der Waals surface area contributed by atoms with Gasteiger partial charge in [-0.2, -0.15) is 0 Å². The van der Waals surface area contributed by atoms with Gasteiger partial charge in [0, 0.05) is 4.92 Å². The SMILES string of the molecule is O=[N+]([O-])C1c2c1c(O)n(Cc1ccccc1)c2O. The topological polar surface area (TPSA) is 88.5 Å². The van der Waals surface area contributed by atoms with E-state index >= 15 is 0 Å². The number of hydrogen-bond donors (Lipinski definition) is 2. The van der Waals surface area contributed by atoms with Crippen LogP contribution in [0.4, 0.5) is 0 Å². The Hall–Kier alpha value is -2.50. The van der Waals surface area contributed by atoms with Gasteiger partial charge < -0.3 is 10.2 Å². The average molecular weight is 246 g/mol. The molecule has 0 radical (unpaired) electrons. The minimum absolute atomic E-state index is 0.215. The Labute approximate surface area is 102 Å². The van der Waals surface area contributed by atoms with Crippen molar-refractivity contribution in [1.82, 2.24) is 4.57 Å². The number of hydrogen-bond acceptors (Lipinski definition) is 4. The first kappa shape index (κ1) is 10.6. The van der Waals surface area contributed by atoms with Crippen molar-refractivity contribution < 1.29 is 15.1 Å². The zero-order chi connectivity index (χ0) is 12.9. The van der Waals surface area contributed by atoms with Gasteiger partial charge in [-0.25, -0.2) is 0 Å². The number of benzene rings is 1. The number of aromatic hydroxyl groups is 2. The molecule has 6 heteroatoms. The molecule has 0 saturated heterocycles. The molecule has 0 unspecified atom stereocenters. The maximum absolute atomic E-state index is 10.6. The second-order valence-corrected chi connectivity index (χ2v) is 4.23. The van der Waals surface area contributed by atoms with E-state index in [1.165, 1.54) is 4.57 Å². The number of fused-ring (bicyclic) bond motifs is 1. The number of rotatable bonds is 3. The molecule has 1 aromatic heterocycles. The Morgan fingerprint density at radius 1 is 1.17 bits per heavy atom. The van der Waals surface area contributed by atoms with Crippen LogP contribution in [0.2, 0.25) is 0 Å². The van der Waals surface area contributed by atoms with Crippen LogP contribution in [0.5, 0.6) is 11.8 Å². The van der Waals surface area contributed by atoms with Crippen molar-refractivity contribution in [2.45, 2.75) is 12.6 Å². The summed E-state index contributed by atoms with van der Waals surface area (Å²) in [5.41, 5.74) is 1.36. The van der Waals surface area contributed by atoms with Crippen molar-refractivity contribution in [3.63, 3.8) is 0 Å². The van der Waals surface area contributed by atoms with Crippen molar-refractivity contribution in [2.24, 2.45) is 0 Å². The monoisotopic (exact) mass is 246 g/mol. The van der Waals surface area contributed by atoms with Crippen LogP contribution in [0, 0.1) is 10.1 Å². The van der Waals surface area contributed by atoms with Crippen LogP contribution in [0.3, 0.4) is 0 Å². The molecular weight excluding hydrogens is 236 g/mol. The third-order valence-electron chi connectivity index (χ3n) is 3.14. The van der Waals surface area contributed by atoms with Gasteiger partial charge in [0.1, 0.15) is 11.1 Å². The standard InChI is InChI=1S/C12H10N2O4/c15-11-8-9(10(8)14(17)18)12(16)13(11)6-7-4-2-1-3-5-7/h1-5,10,15-16H,6H2. The molecule has 0 saturated carbocycles. The molecule has 18 heavy (non-hydrogen) atoms. The fourth-order valence-electron chi connectivity index (χ4n) is 2.21. The minimum Gasteiger partial charge on any atom is -0.494 e. The van der Waals surface area contributed by atoms with Gasteiger partial charge in [-0.3, -0.25) is 14.7 Å². The summed E-state index contributed by atoms with van der Waals surface area (Å²) >= 11 is 0. The van der Waals surface area contributed by atoms with Gasteiger partial charge in [0.05, 0.1) is 6.54 Å². The Balaban J connectivity index is 1.93. The summed E-state index contributed by atoms with van der Waals surface area (Å²) < 4.78 is 1.28. The summed E-state index contributed by atoms with van der Waals surface area (Å²) in [4.78, 5) is 10.1. The lowest BCUT2D eigenvalue weighted by Gasteiger charge is -2.08. The smallest absolute Gasteiger partial charge is 0.274 e. The molecule has 0 aliphatic heterocycles. The Bertz CT molecular complexity index is 606. The van der Waals surface area contributed by atoms with E-state index < -0.39 is 11.0 Å². The van der Waals surface area contributed by atoms with Gasteiger partial charge >= 0.3 is 0 Å². The molecule has 0 spiro atoms. The Morgan fingerprint density at radius 2 is 1.72 bits per heavy atom. The number of aromatic nitrogens is 1. The highest BCUT2D eigenvalue weighted by Gasteiger charge is 2.54. The molecular formula is C12H10N2O4. The zero-order valence-electron chi connectivity index (χ0n) is 9.28. The van der Waals surface area contributed by atoms with E-state index in [0.717, 1.165) is 5.56 Å². The third-order valence-corrected chi connectivity index (χ3v) is 3.14. The minimum atomic E-state index is -1.03. The lowest BCUT2D eigenvalue weighted by atomic mass is 10.2. The second kappa shape index (κ2) is 3.49. The van der Waals surface area contributed by atoms with Crippen LogP contribution in [-0.2, 0) is 6.54 Å². The second-order valence-electron chi connectivity index (χ2n) is 4.23. The molecule has 0 fully saturated rings. The van der Waals surface area contributed by atoms with Gasteiger partial charge in [0.25, 0.3) is 6.04 Å². The fourth-order valence-corrected chi connectivity index (χ4v) is 2.21. The van der Waals surface area contributed by atoms with E-state index in [4.69, 9.17) is 0 Å². The van der Waals surface area contributed by atoms with Crippen molar-refractivity contribution >= 4 is 0 Å². The van der Waals surface area contributed by atoms with Crippen LogP contribution >= 0.6 is 0 Å². The van der Waals surface area contributed by atoms with E-state index in [0.29, 0.717) is 0 Å². The molecule has 1 aromatic carbocycles. The Morgan fingerprint density at radius 3 is 2.22 bits per heavy atom. The molecule has 0 bridgehead atoms. The highest BCUT2D eigenvalue weighted by Crippen LogP contribution is 2.56. The molecule has 2 N–H and O–H groups in total. The van der Waals surface area contributed by atoms with Crippen LogP contribution in [-0.4, -0.2) is 19.7 Å². The molecule has 92 valence electrons. The van der Waals surface area contributed by atoms with E-state index in [-0.39, 0.29) is 29.4 Å². The predicted molar refractivity (Wildman–Crippen MR) is 62.1 cm³/mol. The molecule has 0 atom stereocenters. The van der Waals surface area contributed by atoms with Crippen molar-refractivity contribution in [3.8, 4) is 11.8 Å². The number of nitro groups is 1. The molecule has 1 aliphatic rings. The molecule has 3 rings (SSSR count). The molecule has 0 amide bonds. The highest BCUT2D eigenvalue weighted by atomic mass is 16.6. The molecule has 1 heterocycles. The van der Waals surface area contributed by atoms with Gasteiger partial charge in [-0.05, 0) is 5.56 Å². The largest absolute Gasteiger partial charge is 0.494 e. The first-order valence-electron chi connectivity index (χ1n) is 5.43. The normalized spacial score (nSPS) is 13.3. The predicted octanol–water partition coefficient (Wildman–Crippen LogP) is 1.63. The van der Waals surface area contributed by atoms with E-state index in [2.05, 4.69) is 0 Å². The summed E-state index contributed by atoms with van der Waals surface area (Å²) in [5.74, 6) is -0.430. The zero-order valence-corrected chi connectivity index (χ0v) is 9.28. The van der Waals surface area contributed by atoms with Gasteiger partial charge in [-0.1, -0.05) is 30.3 Å². The average Bonchev–Trinajstić information content (AvgIpc) is 3.05. The maximum Gasteiger partial charge on any atom is 0.274 e. The van der Waals surface area contributed by atoms with Crippen molar-refractivity contribution in [1.29, 1.82) is 0 Å². The molecule has 6 nitrogen and oxygen atoms in total. The highest BCUT2D eigenvalue weighted by molar-refractivity contribution is 5.63. The Kier molecular flexibility index (Phi) is 2.07. The van der Waals surface area contributed by atoms with Crippen molar-refractivity contribution in [2.75, 3.05) is 0 Å². The van der Waals surface area contributed by atoms with Gasteiger partial charge in [0.2, 0.25) is 11.8 Å². The quantitative estimate of drug-likeness (QED) is 0.636. The van der Waals surface area contributed by atoms with Crippen LogP contribution in [0.15, 0.2) is 30.3 Å². The van der Waals surface area contributed by atoms with E-state index in [9.17, 15) is 20.3 Å². The first-order chi connectivity index (χ1) is 8.61. The van der Waals surface area contributed by atoms with Gasteiger partial charge in [-0.15, -0.1) is 0 Å². The summed E-state index contributed by atoms with van der Waals surface area (Å²) in [7, 11) is 0. The summed E-state index contributed by atoms with van der Waals surface area (Å²) in [5, 5.41) is 30.3. The maximum atomic E-state index is 10.6. The summed E-state index contributed by atoms with van der Waals surface area (Å²) in [6.07, 6.45) is 0. The summed E-state index contributed by atoms with van der Waals surface area (Å²) in [6, 6.07) is 8.23.